The van der Waals surface area contributed by atoms with E-state index in [-0.39, 0.29) is 11.5 Å². The summed E-state index contributed by atoms with van der Waals surface area (Å²) < 4.78 is 5.93. The molecule has 1 aromatic heterocycles. The van der Waals surface area contributed by atoms with Gasteiger partial charge in [-0.1, -0.05) is 18.2 Å². The van der Waals surface area contributed by atoms with E-state index in [2.05, 4.69) is 4.98 Å². The fourth-order valence-corrected chi connectivity index (χ4v) is 4.32. The van der Waals surface area contributed by atoms with E-state index < -0.39 is 0 Å². The molecule has 2 atom stereocenters. The van der Waals surface area contributed by atoms with Crippen molar-refractivity contribution in [2.75, 3.05) is 26.2 Å². The van der Waals surface area contributed by atoms with Gasteiger partial charge in [0.05, 0.1) is 23.3 Å². The number of nitrogens with two attached hydrogens (primary N) is 1. The van der Waals surface area contributed by atoms with Gasteiger partial charge in [0.15, 0.2) is 0 Å². The van der Waals surface area contributed by atoms with Gasteiger partial charge in [-0.3, -0.25) is 9.78 Å². The van der Waals surface area contributed by atoms with Crippen LogP contribution in [-0.2, 0) is 4.74 Å². The summed E-state index contributed by atoms with van der Waals surface area (Å²) in [7, 11) is 0. The Balaban J connectivity index is 1.72. The average molecular weight is 325 g/mol. The van der Waals surface area contributed by atoms with Gasteiger partial charge >= 0.3 is 0 Å². The number of fused-ring (bicyclic) bond motifs is 2. The largest absolute Gasteiger partial charge is 0.371 e. The van der Waals surface area contributed by atoms with Crippen molar-refractivity contribution in [1.82, 2.24) is 9.88 Å². The van der Waals surface area contributed by atoms with Crippen LogP contribution in [0.1, 0.15) is 28.0 Å². The molecule has 2 aromatic rings. The van der Waals surface area contributed by atoms with E-state index in [4.69, 9.17) is 10.5 Å². The molecule has 0 radical (unpaired) electrons. The third-order valence-corrected chi connectivity index (χ3v) is 5.68. The zero-order valence-electron chi connectivity index (χ0n) is 14.2. The lowest BCUT2D eigenvalue weighted by molar-refractivity contribution is 0.00260. The van der Waals surface area contributed by atoms with Crippen LogP contribution < -0.4 is 5.73 Å². The number of nitrogens with zero attached hydrogens (tertiary/aromatic N) is 2. The van der Waals surface area contributed by atoms with Crippen molar-refractivity contribution in [1.29, 1.82) is 0 Å². The standard InChI is InChI=1S/C19H23N3O2/c1-12-15-5-3-4-6-16(15)21-13(2)17(12)18(23)22-9-14-7-8-24-19(14,10-20)11-22/h3-6,14H,7-11,20H2,1-2H3/t14-,19+/m0/s1. The van der Waals surface area contributed by atoms with Crippen LogP contribution >= 0.6 is 0 Å². The van der Waals surface area contributed by atoms with Gasteiger partial charge in [-0.15, -0.1) is 0 Å². The van der Waals surface area contributed by atoms with Crippen molar-refractivity contribution in [3.63, 3.8) is 0 Å². The molecule has 3 heterocycles. The van der Waals surface area contributed by atoms with Crippen molar-refractivity contribution in [3.8, 4) is 0 Å². The molecule has 0 spiro atoms. The van der Waals surface area contributed by atoms with Crippen LogP contribution in [0.2, 0.25) is 0 Å². The summed E-state index contributed by atoms with van der Waals surface area (Å²) >= 11 is 0. The zero-order chi connectivity index (χ0) is 16.9. The number of carbonyl (C=O) groups excluding carboxylic acids is 1. The molecule has 5 heteroatoms. The van der Waals surface area contributed by atoms with Crippen LogP contribution in [-0.4, -0.2) is 47.6 Å². The Kier molecular flexibility index (Phi) is 3.58. The van der Waals surface area contributed by atoms with Crippen LogP contribution in [0.15, 0.2) is 24.3 Å². The molecule has 2 saturated heterocycles. The molecule has 1 amide bonds. The van der Waals surface area contributed by atoms with E-state index in [9.17, 15) is 4.79 Å². The summed E-state index contributed by atoms with van der Waals surface area (Å²) in [6, 6.07) is 7.97. The molecular weight excluding hydrogens is 302 g/mol. The third kappa shape index (κ3) is 2.15. The number of pyridine rings is 1. The summed E-state index contributed by atoms with van der Waals surface area (Å²) in [5, 5.41) is 1.04. The van der Waals surface area contributed by atoms with Crippen LogP contribution in [0.4, 0.5) is 0 Å². The van der Waals surface area contributed by atoms with Crippen molar-refractivity contribution in [2.45, 2.75) is 25.9 Å². The Morgan fingerprint density at radius 2 is 2.21 bits per heavy atom. The maximum Gasteiger partial charge on any atom is 0.256 e. The normalized spacial score (nSPS) is 26.1. The fourth-order valence-electron chi connectivity index (χ4n) is 4.32. The second-order valence-electron chi connectivity index (χ2n) is 7.00. The van der Waals surface area contributed by atoms with Gasteiger partial charge in [-0.2, -0.15) is 0 Å². The number of hydrogen-bond donors (Lipinski definition) is 1. The first kappa shape index (κ1) is 15.5. The first-order valence-corrected chi connectivity index (χ1v) is 8.55. The topological polar surface area (TPSA) is 68.5 Å². The molecule has 24 heavy (non-hydrogen) atoms. The molecule has 2 fully saturated rings. The van der Waals surface area contributed by atoms with Gasteiger partial charge in [0.25, 0.3) is 5.91 Å². The van der Waals surface area contributed by atoms with Crippen LogP contribution in [0.5, 0.6) is 0 Å². The number of para-hydroxylation sites is 1. The van der Waals surface area contributed by atoms with Gasteiger partial charge in [-0.05, 0) is 31.9 Å². The molecule has 4 rings (SSSR count). The van der Waals surface area contributed by atoms with Crippen molar-refractivity contribution >= 4 is 16.8 Å². The van der Waals surface area contributed by atoms with Gasteiger partial charge < -0.3 is 15.4 Å². The molecule has 126 valence electrons. The van der Waals surface area contributed by atoms with Crippen molar-refractivity contribution < 1.29 is 9.53 Å². The van der Waals surface area contributed by atoms with Gasteiger partial charge in [0, 0.05) is 31.0 Å². The number of likely N-dealkylation sites (tertiary alicyclic amines) is 1. The first-order valence-electron chi connectivity index (χ1n) is 8.55. The summed E-state index contributed by atoms with van der Waals surface area (Å²) in [5.41, 5.74) is 9.07. The Labute approximate surface area is 141 Å². The highest BCUT2D eigenvalue weighted by atomic mass is 16.5. The molecule has 0 saturated carbocycles. The number of aryl methyl sites for hydroxylation is 2. The van der Waals surface area contributed by atoms with E-state index in [1.54, 1.807) is 0 Å². The predicted molar refractivity (Wildman–Crippen MR) is 93.0 cm³/mol. The van der Waals surface area contributed by atoms with Crippen LogP contribution in [0, 0.1) is 19.8 Å². The van der Waals surface area contributed by atoms with E-state index in [0.717, 1.165) is 47.3 Å². The maximum absolute atomic E-state index is 13.2. The molecule has 2 aliphatic heterocycles. The predicted octanol–water partition coefficient (Wildman–Crippen LogP) is 2.04. The van der Waals surface area contributed by atoms with E-state index in [1.165, 1.54) is 0 Å². The van der Waals surface area contributed by atoms with Crippen molar-refractivity contribution in [2.24, 2.45) is 11.7 Å². The Bertz CT molecular complexity index is 820. The molecule has 1 aromatic carbocycles. The zero-order valence-corrected chi connectivity index (χ0v) is 14.2. The van der Waals surface area contributed by atoms with E-state index >= 15 is 0 Å². The maximum atomic E-state index is 13.2. The fraction of sp³-hybridized carbons (Fsp3) is 0.474. The first-order chi connectivity index (χ1) is 11.6. The summed E-state index contributed by atoms with van der Waals surface area (Å²) in [5.74, 6) is 0.398. The average Bonchev–Trinajstić information content (AvgIpc) is 3.12. The molecule has 0 aliphatic carbocycles. The highest BCUT2D eigenvalue weighted by Crippen LogP contribution is 2.39. The minimum absolute atomic E-state index is 0.0501. The molecule has 2 aliphatic rings. The van der Waals surface area contributed by atoms with Crippen LogP contribution in [0.3, 0.4) is 0 Å². The number of amides is 1. The number of carbonyl (C=O) groups is 1. The van der Waals surface area contributed by atoms with E-state index in [0.29, 0.717) is 19.0 Å². The third-order valence-electron chi connectivity index (χ3n) is 5.68. The minimum Gasteiger partial charge on any atom is -0.371 e. The Hall–Kier alpha value is -1.98. The molecule has 5 nitrogen and oxygen atoms in total. The smallest absolute Gasteiger partial charge is 0.256 e. The minimum atomic E-state index is -0.345. The molecule has 0 bridgehead atoms. The molecule has 2 N–H and O–H groups in total. The monoisotopic (exact) mass is 325 g/mol. The van der Waals surface area contributed by atoms with Crippen molar-refractivity contribution in [3.05, 3.63) is 41.1 Å². The second kappa shape index (κ2) is 5.53. The summed E-state index contributed by atoms with van der Waals surface area (Å²) in [4.78, 5) is 19.8. The number of rotatable bonds is 2. The highest BCUT2D eigenvalue weighted by Gasteiger charge is 2.51. The number of hydrogen-bond acceptors (Lipinski definition) is 4. The van der Waals surface area contributed by atoms with E-state index in [1.807, 2.05) is 43.0 Å². The van der Waals surface area contributed by atoms with Crippen LogP contribution in [0.25, 0.3) is 10.9 Å². The Morgan fingerprint density at radius 1 is 1.42 bits per heavy atom. The number of benzene rings is 1. The Morgan fingerprint density at radius 3 is 2.96 bits per heavy atom. The van der Waals surface area contributed by atoms with Gasteiger partial charge in [-0.25, -0.2) is 0 Å². The SMILES string of the molecule is Cc1nc2ccccc2c(C)c1C(=O)N1C[C@@H]2CCO[C@]2(CN)C1. The number of aromatic nitrogens is 1. The quantitative estimate of drug-likeness (QED) is 0.917. The second-order valence-corrected chi connectivity index (χ2v) is 7.00. The van der Waals surface area contributed by atoms with Gasteiger partial charge in [0.2, 0.25) is 0 Å². The number of ether oxygens (including phenoxy) is 1. The molecular formula is C19H23N3O2. The lowest BCUT2D eigenvalue weighted by Crippen LogP contribution is -2.45. The highest BCUT2D eigenvalue weighted by molar-refractivity contribution is 6.01. The lowest BCUT2D eigenvalue weighted by Gasteiger charge is -2.26. The summed E-state index contributed by atoms with van der Waals surface area (Å²) in [6.45, 7) is 6.45. The van der Waals surface area contributed by atoms with Gasteiger partial charge in [0.1, 0.15) is 5.60 Å². The molecule has 0 unspecified atom stereocenters. The lowest BCUT2D eigenvalue weighted by atomic mass is 9.91. The summed E-state index contributed by atoms with van der Waals surface area (Å²) in [6.07, 6.45) is 0.981.